The first-order valence-corrected chi connectivity index (χ1v) is 7.26. The number of carbonyl (C=O) groups excluding carboxylic acids is 2. The number of hydrogen-bond acceptors (Lipinski definition) is 3. The fraction of sp³-hybridized carbons (Fsp3) is 0.733. The second-order valence-electron chi connectivity index (χ2n) is 5.80. The predicted octanol–water partition coefficient (Wildman–Crippen LogP) is 1.10. The summed E-state index contributed by atoms with van der Waals surface area (Å²) in [6.07, 6.45) is 5.54. The number of ether oxygens (including phenoxy) is 1. The number of hydrogen-bond donors (Lipinski definition) is 1. The van der Waals surface area contributed by atoms with Gasteiger partial charge in [-0.25, -0.2) is 0 Å². The molecule has 0 aromatic carbocycles. The molecule has 1 unspecified atom stereocenters. The van der Waals surface area contributed by atoms with Gasteiger partial charge in [0, 0.05) is 26.8 Å². The molecule has 1 N–H and O–H groups in total. The summed E-state index contributed by atoms with van der Waals surface area (Å²) in [6, 6.07) is 0. The van der Waals surface area contributed by atoms with Crippen molar-refractivity contribution in [2.75, 3.05) is 27.3 Å². The number of amides is 2. The first-order valence-electron chi connectivity index (χ1n) is 7.26. The molecule has 1 aliphatic carbocycles. The Bertz CT molecular complexity index is 429. The van der Waals surface area contributed by atoms with E-state index in [0.717, 1.165) is 12.0 Å². The van der Waals surface area contributed by atoms with Crippen molar-refractivity contribution < 1.29 is 14.3 Å². The molecule has 2 aliphatic rings. The van der Waals surface area contributed by atoms with Crippen LogP contribution < -0.4 is 5.32 Å². The van der Waals surface area contributed by atoms with Crippen molar-refractivity contribution in [3.63, 3.8) is 0 Å². The van der Waals surface area contributed by atoms with Crippen molar-refractivity contribution in [2.45, 2.75) is 38.1 Å². The lowest BCUT2D eigenvalue weighted by atomic mass is 9.95. The molecule has 0 aromatic heterocycles. The largest absolute Gasteiger partial charge is 0.382 e. The maximum absolute atomic E-state index is 12.5. The highest BCUT2D eigenvalue weighted by molar-refractivity contribution is 5.96. The van der Waals surface area contributed by atoms with Crippen LogP contribution in [0.4, 0.5) is 0 Å². The Morgan fingerprint density at radius 1 is 1.45 bits per heavy atom. The minimum Gasteiger partial charge on any atom is -0.382 e. The third-order valence-corrected chi connectivity index (χ3v) is 4.36. The summed E-state index contributed by atoms with van der Waals surface area (Å²) in [5.41, 5.74) is 0.283. The fourth-order valence-electron chi connectivity index (χ4n) is 3.05. The van der Waals surface area contributed by atoms with Crippen LogP contribution in [-0.4, -0.2) is 49.6 Å². The summed E-state index contributed by atoms with van der Waals surface area (Å²) in [7, 11) is 3.17. The monoisotopic (exact) mass is 280 g/mol. The van der Waals surface area contributed by atoms with Gasteiger partial charge in [0.1, 0.15) is 5.54 Å². The van der Waals surface area contributed by atoms with Gasteiger partial charge in [0.25, 0.3) is 0 Å². The van der Waals surface area contributed by atoms with Crippen LogP contribution in [0.3, 0.4) is 0 Å². The number of allylic oxidation sites excluding steroid dienone is 1. The van der Waals surface area contributed by atoms with Crippen molar-refractivity contribution in [3.05, 3.63) is 11.6 Å². The van der Waals surface area contributed by atoms with Crippen molar-refractivity contribution in [1.29, 1.82) is 0 Å². The number of methoxy groups -OCH3 is 1. The van der Waals surface area contributed by atoms with E-state index in [0.29, 0.717) is 18.9 Å². The van der Waals surface area contributed by atoms with Gasteiger partial charge in [0.15, 0.2) is 0 Å². The smallest absolute Gasteiger partial charge is 0.248 e. The van der Waals surface area contributed by atoms with Crippen LogP contribution >= 0.6 is 0 Å². The van der Waals surface area contributed by atoms with Crippen LogP contribution in [0.25, 0.3) is 0 Å². The number of likely N-dealkylation sites (tertiary alicyclic amines) is 1. The Morgan fingerprint density at radius 3 is 2.70 bits per heavy atom. The molecule has 2 amide bonds. The van der Waals surface area contributed by atoms with Gasteiger partial charge in [-0.2, -0.15) is 0 Å². The molecule has 1 heterocycles. The number of nitrogens with zero attached hydrogens (tertiary/aromatic N) is 1. The molecule has 0 bridgehead atoms. The molecular weight excluding hydrogens is 256 g/mol. The molecule has 112 valence electrons. The average Bonchev–Trinajstić information content (AvgIpc) is 3.19. The van der Waals surface area contributed by atoms with Crippen molar-refractivity contribution in [3.8, 4) is 0 Å². The normalized spacial score (nSPS) is 26.8. The molecule has 0 aromatic rings. The minimum atomic E-state index is -0.846. The molecular formula is C15H24N2O3. The van der Waals surface area contributed by atoms with Gasteiger partial charge in [0.2, 0.25) is 11.8 Å². The van der Waals surface area contributed by atoms with Crippen LogP contribution in [0.1, 0.15) is 32.6 Å². The Labute approximate surface area is 120 Å². The predicted molar refractivity (Wildman–Crippen MR) is 76.1 cm³/mol. The van der Waals surface area contributed by atoms with Crippen LogP contribution in [0.15, 0.2) is 11.6 Å². The Balaban J connectivity index is 2.21. The van der Waals surface area contributed by atoms with E-state index in [1.165, 1.54) is 12.8 Å². The first-order chi connectivity index (χ1) is 9.55. The third-order valence-electron chi connectivity index (χ3n) is 4.36. The van der Waals surface area contributed by atoms with Crippen LogP contribution in [0.2, 0.25) is 0 Å². The van der Waals surface area contributed by atoms with Gasteiger partial charge in [0.05, 0.1) is 6.61 Å². The van der Waals surface area contributed by atoms with E-state index in [4.69, 9.17) is 4.74 Å². The molecule has 2 rings (SSSR count). The quantitative estimate of drug-likeness (QED) is 0.767. The number of likely N-dealkylation sites (N-methyl/N-ethyl adjacent to an activating group) is 1. The van der Waals surface area contributed by atoms with Crippen molar-refractivity contribution >= 4 is 11.8 Å². The van der Waals surface area contributed by atoms with E-state index in [9.17, 15) is 9.59 Å². The molecule has 1 aliphatic heterocycles. The summed E-state index contributed by atoms with van der Waals surface area (Å²) >= 11 is 0. The van der Waals surface area contributed by atoms with Crippen LogP contribution in [0.5, 0.6) is 0 Å². The lowest BCUT2D eigenvalue weighted by molar-refractivity contribution is -0.145. The van der Waals surface area contributed by atoms with E-state index in [1.54, 1.807) is 25.1 Å². The SMILES string of the molecule is CNC(=O)C1(COC)CCCN1C(=O)/C=C(\C)C1CC1. The molecule has 20 heavy (non-hydrogen) atoms. The highest BCUT2D eigenvalue weighted by Crippen LogP contribution is 2.37. The first kappa shape index (κ1) is 15.0. The number of rotatable bonds is 5. The Hall–Kier alpha value is -1.36. The molecule has 5 nitrogen and oxygen atoms in total. The van der Waals surface area contributed by atoms with E-state index >= 15 is 0 Å². The van der Waals surface area contributed by atoms with E-state index in [2.05, 4.69) is 5.32 Å². The molecule has 1 saturated heterocycles. The highest BCUT2D eigenvalue weighted by atomic mass is 16.5. The Kier molecular flexibility index (Phi) is 4.48. The van der Waals surface area contributed by atoms with Gasteiger partial charge < -0.3 is 15.0 Å². The maximum Gasteiger partial charge on any atom is 0.248 e. The zero-order valence-corrected chi connectivity index (χ0v) is 12.6. The zero-order chi connectivity index (χ0) is 14.8. The van der Waals surface area contributed by atoms with Gasteiger partial charge in [-0.1, -0.05) is 5.57 Å². The van der Waals surface area contributed by atoms with Crippen molar-refractivity contribution in [1.82, 2.24) is 10.2 Å². The average molecular weight is 280 g/mol. The lowest BCUT2D eigenvalue weighted by Crippen LogP contribution is -2.59. The summed E-state index contributed by atoms with van der Waals surface area (Å²) in [4.78, 5) is 26.5. The van der Waals surface area contributed by atoms with Gasteiger partial charge in [-0.3, -0.25) is 9.59 Å². The third kappa shape index (κ3) is 2.73. The molecule has 0 spiro atoms. The highest BCUT2D eigenvalue weighted by Gasteiger charge is 2.49. The van der Waals surface area contributed by atoms with Crippen molar-refractivity contribution in [2.24, 2.45) is 5.92 Å². The lowest BCUT2D eigenvalue weighted by Gasteiger charge is -2.35. The summed E-state index contributed by atoms with van der Waals surface area (Å²) in [6.45, 7) is 2.86. The molecule has 1 saturated carbocycles. The Morgan fingerprint density at radius 2 is 2.15 bits per heavy atom. The number of carbonyl (C=O) groups is 2. The molecule has 5 heteroatoms. The van der Waals surface area contributed by atoms with E-state index < -0.39 is 5.54 Å². The minimum absolute atomic E-state index is 0.0625. The molecule has 0 radical (unpaired) electrons. The summed E-state index contributed by atoms with van der Waals surface area (Å²) < 4.78 is 5.22. The second kappa shape index (κ2) is 5.95. The summed E-state index contributed by atoms with van der Waals surface area (Å²) in [5.74, 6) is 0.369. The zero-order valence-electron chi connectivity index (χ0n) is 12.6. The van der Waals surface area contributed by atoms with Gasteiger partial charge in [-0.05, 0) is 38.5 Å². The van der Waals surface area contributed by atoms with E-state index in [1.807, 2.05) is 6.92 Å². The second-order valence-corrected chi connectivity index (χ2v) is 5.80. The van der Waals surface area contributed by atoms with Crippen LogP contribution in [0, 0.1) is 5.92 Å². The van der Waals surface area contributed by atoms with Crippen LogP contribution in [-0.2, 0) is 14.3 Å². The van der Waals surface area contributed by atoms with Gasteiger partial charge in [-0.15, -0.1) is 0 Å². The summed E-state index contributed by atoms with van der Waals surface area (Å²) in [5, 5.41) is 2.67. The fourth-order valence-corrected chi connectivity index (χ4v) is 3.05. The molecule has 1 atom stereocenters. The maximum atomic E-state index is 12.5. The number of nitrogens with one attached hydrogen (secondary N) is 1. The molecule has 2 fully saturated rings. The topological polar surface area (TPSA) is 58.6 Å². The standard InChI is InChI=1S/C15H24N2O3/c1-11(12-5-6-12)9-13(18)17-8-4-7-15(17,10-20-3)14(19)16-2/h9,12H,4-8,10H2,1-3H3,(H,16,19)/b11-9+. The van der Waals surface area contributed by atoms with Gasteiger partial charge >= 0.3 is 0 Å². The van der Waals surface area contributed by atoms with E-state index in [-0.39, 0.29) is 18.4 Å².